The first kappa shape index (κ1) is 17.0. The van der Waals surface area contributed by atoms with E-state index in [-0.39, 0.29) is 18.3 Å². The molecule has 2 nitrogen and oxygen atoms in total. The van der Waals surface area contributed by atoms with E-state index in [1.807, 2.05) is 0 Å². The molecule has 1 heterocycles. The fourth-order valence-electron chi connectivity index (χ4n) is 2.04. The van der Waals surface area contributed by atoms with Crippen LogP contribution in [0.25, 0.3) is 0 Å². The molecular formula is C12H26N2P4. The maximum absolute atomic E-state index is 4.88. The van der Waals surface area contributed by atoms with Gasteiger partial charge in [-0.25, -0.2) is 4.98 Å². The first-order valence-corrected chi connectivity index (χ1v) is 12.7. The zero-order chi connectivity index (χ0) is 14.3. The summed E-state index contributed by atoms with van der Waals surface area (Å²) in [5.41, 5.74) is 2.89. The maximum atomic E-state index is 4.88. The summed E-state index contributed by atoms with van der Waals surface area (Å²) in [4.78, 5) is 4.88. The minimum absolute atomic E-state index is 0.101. The molecule has 6 heteroatoms. The smallest absolute Gasteiger partial charge is 0.109 e. The lowest BCUT2D eigenvalue weighted by Gasteiger charge is -2.29. The average Bonchev–Trinajstić information content (AvgIpc) is 2.53. The molecule has 4 unspecified atom stereocenters. The van der Waals surface area contributed by atoms with Crippen LogP contribution in [0, 0.1) is 6.92 Å². The van der Waals surface area contributed by atoms with Crippen LogP contribution in [0.3, 0.4) is 0 Å². The van der Waals surface area contributed by atoms with E-state index in [2.05, 4.69) is 70.7 Å². The number of nitrogens with zero attached hydrogens (tertiary/aromatic N) is 2. The molecule has 1 rings (SSSR count). The third-order valence-corrected chi connectivity index (χ3v) is 12.5. The lowest BCUT2D eigenvalue weighted by molar-refractivity contribution is 0.509. The molecule has 0 saturated carbocycles. The monoisotopic (exact) mass is 322 g/mol. The van der Waals surface area contributed by atoms with Crippen molar-refractivity contribution in [3.8, 4) is 0 Å². The highest BCUT2D eigenvalue weighted by atomic mass is 32.6. The molecule has 0 radical (unpaired) electrons. The first-order valence-electron chi connectivity index (χ1n) is 6.11. The van der Waals surface area contributed by atoms with Crippen molar-refractivity contribution in [3.63, 3.8) is 0 Å². The van der Waals surface area contributed by atoms with Crippen molar-refractivity contribution in [1.29, 1.82) is 0 Å². The van der Waals surface area contributed by atoms with Crippen molar-refractivity contribution in [1.82, 2.24) is 9.32 Å². The van der Waals surface area contributed by atoms with Gasteiger partial charge in [0, 0.05) is 18.3 Å². The normalized spacial score (nSPS) is 15.6. The molecule has 4 atom stereocenters. The molecule has 1 aromatic rings. The van der Waals surface area contributed by atoms with Crippen molar-refractivity contribution in [2.45, 2.75) is 59.3 Å². The van der Waals surface area contributed by atoms with Gasteiger partial charge in [-0.1, -0.05) is 58.4 Å². The van der Waals surface area contributed by atoms with Gasteiger partial charge in [0.15, 0.2) is 0 Å². The third kappa shape index (κ3) is 3.52. The van der Waals surface area contributed by atoms with Crippen LogP contribution in [0.5, 0.6) is 0 Å². The lowest BCUT2D eigenvalue weighted by atomic mass is 9.82. The Morgan fingerprint density at radius 3 is 1.94 bits per heavy atom. The molecular weight excluding hydrogens is 296 g/mol. The van der Waals surface area contributed by atoms with Crippen LogP contribution < -0.4 is 0 Å². The van der Waals surface area contributed by atoms with Crippen molar-refractivity contribution >= 4 is 33.3 Å². The summed E-state index contributed by atoms with van der Waals surface area (Å²) in [6, 6.07) is 0. The Hall–Kier alpha value is 0.930. The molecule has 0 amide bonds. The van der Waals surface area contributed by atoms with E-state index in [9.17, 15) is 0 Å². The number of rotatable bonds is 2. The van der Waals surface area contributed by atoms with E-state index in [0.717, 1.165) is 13.8 Å². The first-order chi connectivity index (χ1) is 8.00. The number of imidazole rings is 1. The van der Waals surface area contributed by atoms with E-state index in [4.69, 9.17) is 4.98 Å². The molecule has 0 bridgehead atoms. The molecule has 104 valence electrons. The van der Waals surface area contributed by atoms with Crippen molar-refractivity contribution < 1.29 is 0 Å². The molecule has 0 aliphatic rings. The molecule has 0 aliphatic heterocycles. The van der Waals surface area contributed by atoms with Gasteiger partial charge >= 0.3 is 0 Å². The van der Waals surface area contributed by atoms with Crippen LogP contribution >= 0.6 is 33.3 Å². The predicted molar refractivity (Wildman–Crippen MR) is 94.4 cm³/mol. The fourth-order valence-corrected chi connectivity index (χ4v) is 6.09. The van der Waals surface area contributed by atoms with E-state index in [1.165, 1.54) is 11.4 Å². The van der Waals surface area contributed by atoms with E-state index >= 15 is 0 Å². The highest BCUT2D eigenvalue weighted by Gasteiger charge is 2.32. The molecule has 18 heavy (non-hydrogen) atoms. The second-order valence-corrected chi connectivity index (χ2v) is 15.5. The average molecular weight is 322 g/mol. The molecule has 0 N–H and O–H groups in total. The highest BCUT2D eigenvalue weighted by molar-refractivity contribution is 8.60. The lowest BCUT2D eigenvalue weighted by Crippen LogP contribution is -2.23. The zero-order valence-corrected chi connectivity index (χ0v) is 16.7. The summed E-state index contributed by atoms with van der Waals surface area (Å²) in [6.07, 6.45) is 0. The van der Waals surface area contributed by atoms with Crippen LogP contribution in [0.15, 0.2) is 0 Å². The largest absolute Gasteiger partial charge is 0.303 e. The number of hydrogen-bond donors (Lipinski definition) is 0. The van der Waals surface area contributed by atoms with Gasteiger partial charge < -0.3 is 4.34 Å². The zero-order valence-electron chi connectivity index (χ0n) is 12.5. The summed E-state index contributed by atoms with van der Waals surface area (Å²) in [5, 5.41) is 0. The molecule has 1 aromatic heterocycles. The Balaban J connectivity index is 3.58. The number of aromatic nitrogens is 2. The molecule has 0 saturated heterocycles. The number of hydrogen-bond acceptors (Lipinski definition) is 1. The van der Waals surface area contributed by atoms with Gasteiger partial charge in [0.05, 0.1) is 11.4 Å². The van der Waals surface area contributed by atoms with Crippen molar-refractivity contribution in [2.75, 3.05) is 0 Å². The Kier molecular flexibility index (Phi) is 5.41. The summed E-state index contributed by atoms with van der Waals surface area (Å²) in [7, 11) is 6.49. The minimum atomic E-state index is -0.244. The van der Waals surface area contributed by atoms with Gasteiger partial charge in [-0.05, 0) is 6.92 Å². The van der Waals surface area contributed by atoms with Crippen LogP contribution in [-0.2, 0) is 10.8 Å². The van der Waals surface area contributed by atoms with Gasteiger partial charge in [-0.3, -0.25) is 0 Å². The maximum Gasteiger partial charge on any atom is 0.109 e. The quantitative estimate of drug-likeness (QED) is 0.684. The molecule has 0 fully saturated rings. The van der Waals surface area contributed by atoms with Gasteiger partial charge in [0.25, 0.3) is 0 Å². The fraction of sp³-hybridized carbons (Fsp3) is 0.750. The van der Waals surface area contributed by atoms with Crippen molar-refractivity contribution in [2.24, 2.45) is 0 Å². The summed E-state index contributed by atoms with van der Waals surface area (Å²) >= 11 is 0. The van der Waals surface area contributed by atoms with Gasteiger partial charge in [0.1, 0.15) is 5.82 Å². The van der Waals surface area contributed by atoms with Gasteiger partial charge in [0.2, 0.25) is 0 Å². The van der Waals surface area contributed by atoms with Crippen molar-refractivity contribution in [3.05, 3.63) is 17.2 Å². The van der Waals surface area contributed by atoms with Gasteiger partial charge in [-0.15, -0.1) is 8.93 Å². The Labute approximate surface area is 119 Å². The topological polar surface area (TPSA) is 17.8 Å². The minimum Gasteiger partial charge on any atom is -0.303 e. The molecule has 0 spiro atoms. The third-order valence-electron chi connectivity index (χ3n) is 2.78. The standard InChI is InChI=1S/C12H26N2P4/c1-8-13-9(11(2,3)4)10(12(5,6)7)14(8)18(16)17-15/h17H,15-16H2,1-7H3. The van der Waals surface area contributed by atoms with E-state index in [1.54, 1.807) is 0 Å². The summed E-state index contributed by atoms with van der Waals surface area (Å²) in [6.45, 7) is 15.8. The van der Waals surface area contributed by atoms with Crippen LogP contribution in [0.4, 0.5) is 0 Å². The molecule has 0 aliphatic carbocycles. The van der Waals surface area contributed by atoms with E-state index < -0.39 is 0 Å². The number of aryl methyl sites for hydroxylation is 1. The predicted octanol–water partition coefficient (Wildman–Crippen LogP) is 5.21. The second kappa shape index (κ2) is 5.74. The summed E-state index contributed by atoms with van der Waals surface area (Å²) in [5.74, 6) is 1.15. The Morgan fingerprint density at radius 1 is 1.11 bits per heavy atom. The van der Waals surface area contributed by atoms with Gasteiger partial charge in [-0.2, -0.15) is 0 Å². The Bertz CT molecular complexity index is 427. The molecule has 0 aromatic carbocycles. The van der Waals surface area contributed by atoms with E-state index in [0.29, 0.717) is 0 Å². The van der Waals surface area contributed by atoms with Crippen LogP contribution in [0.1, 0.15) is 58.8 Å². The second-order valence-electron chi connectivity index (χ2n) is 6.64. The van der Waals surface area contributed by atoms with Crippen LogP contribution in [-0.4, -0.2) is 9.32 Å². The SMILES string of the molecule is Cc1nc(C(C)(C)C)c(C(C)(C)C)n1P(P)PP. The van der Waals surface area contributed by atoms with Crippen LogP contribution in [0.2, 0.25) is 0 Å². The highest BCUT2D eigenvalue weighted by Crippen LogP contribution is 2.68. The summed E-state index contributed by atoms with van der Waals surface area (Å²) < 4.78 is 2.46. The Morgan fingerprint density at radius 2 is 1.61 bits per heavy atom.